The number of benzene rings is 1. The number of rotatable bonds is 1. The van der Waals surface area contributed by atoms with Gasteiger partial charge in [0.25, 0.3) is 0 Å². The molecule has 5 heteroatoms. The van der Waals surface area contributed by atoms with Crippen LogP contribution in [0.1, 0.15) is 10.5 Å². The Morgan fingerprint density at radius 2 is 2.20 bits per heavy atom. The quantitative estimate of drug-likeness (QED) is 0.875. The van der Waals surface area contributed by atoms with E-state index in [0.717, 1.165) is 15.4 Å². The van der Waals surface area contributed by atoms with Crippen LogP contribution in [0.25, 0.3) is 10.9 Å². The number of hydrogen-bond acceptors (Lipinski definition) is 1. The van der Waals surface area contributed by atoms with Crippen LogP contribution in [0.2, 0.25) is 5.02 Å². The van der Waals surface area contributed by atoms with Gasteiger partial charge in [-0.2, -0.15) is 0 Å². The Bertz CT molecular complexity index is 562. The summed E-state index contributed by atoms with van der Waals surface area (Å²) in [6.07, 6.45) is 0. The Morgan fingerprint density at radius 3 is 2.80 bits per heavy atom. The van der Waals surface area contributed by atoms with Gasteiger partial charge in [-0.15, -0.1) is 0 Å². The standard InChI is InChI=1S/C10H7BrClNO2/c1-13-7-3-2-5(11)4-6(7)8(12)9(13)10(14)15/h2-4H,1H3,(H,14,15). The van der Waals surface area contributed by atoms with Crippen LogP contribution in [0.15, 0.2) is 22.7 Å². The number of carbonyl (C=O) groups is 1. The van der Waals surface area contributed by atoms with Crippen molar-refractivity contribution in [2.75, 3.05) is 0 Å². The molecule has 2 aromatic rings. The van der Waals surface area contributed by atoms with Gasteiger partial charge < -0.3 is 9.67 Å². The molecule has 0 fully saturated rings. The predicted octanol–water partition coefficient (Wildman–Crippen LogP) is 3.29. The van der Waals surface area contributed by atoms with Crippen molar-refractivity contribution < 1.29 is 9.90 Å². The van der Waals surface area contributed by atoms with Crippen molar-refractivity contribution in [1.82, 2.24) is 4.57 Å². The number of halogens is 2. The highest BCUT2D eigenvalue weighted by Gasteiger charge is 2.18. The summed E-state index contributed by atoms with van der Waals surface area (Å²) in [5, 5.41) is 10.0. The molecule has 0 atom stereocenters. The SMILES string of the molecule is Cn1c(C(=O)O)c(Cl)c2cc(Br)ccc21. The highest BCUT2D eigenvalue weighted by atomic mass is 79.9. The van der Waals surface area contributed by atoms with E-state index in [4.69, 9.17) is 16.7 Å². The fourth-order valence-electron chi connectivity index (χ4n) is 1.61. The molecule has 1 N–H and O–H groups in total. The molecule has 0 saturated carbocycles. The van der Waals surface area contributed by atoms with Crippen molar-refractivity contribution in [3.05, 3.63) is 33.4 Å². The van der Waals surface area contributed by atoms with Crippen LogP contribution in [-0.2, 0) is 7.05 Å². The summed E-state index contributed by atoms with van der Waals surface area (Å²) >= 11 is 9.33. The van der Waals surface area contributed by atoms with Crippen LogP contribution in [0.5, 0.6) is 0 Å². The molecule has 2 rings (SSSR count). The Hall–Kier alpha value is -1.00. The summed E-state index contributed by atoms with van der Waals surface area (Å²) < 4.78 is 2.45. The van der Waals surface area contributed by atoms with Crippen LogP contribution in [0, 0.1) is 0 Å². The molecular weight excluding hydrogens is 281 g/mol. The number of nitrogens with zero attached hydrogens (tertiary/aromatic N) is 1. The van der Waals surface area contributed by atoms with Crippen molar-refractivity contribution in [2.24, 2.45) is 7.05 Å². The van der Waals surface area contributed by atoms with Crippen LogP contribution in [-0.4, -0.2) is 15.6 Å². The van der Waals surface area contributed by atoms with E-state index in [2.05, 4.69) is 15.9 Å². The monoisotopic (exact) mass is 287 g/mol. The zero-order chi connectivity index (χ0) is 11.2. The molecular formula is C10H7BrClNO2. The van der Waals surface area contributed by atoms with Gasteiger partial charge in [0.2, 0.25) is 0 Å². The van der Waals surface area contributed by atoms with Crippen LogP contribution in [0.4, 0.5) is 0 Å². The van der Waals surface area contributed by atoms with Crippen LogP contribution < -0.4 is 0 Å². The highest BCUT2D eigenvalue weighted by Crippen LogP contribution is 2.31. The minimum Gasteiger partial charge on any atom is -0.477 e. The largest absolute Gasteiger partial charge is 0.477 e. The zero-order valence-corrected chi connectivity index (χ0v) is 10.1. The average molecular weight is 289 g/mol. The molecule has 0 bridgehead atoms. The fourth-order valence-corrected chi connectivity index (χ4v) is 2.33. The highest BCUT2D eigenvalue weighted by molar-refractivity contribution is 9.10. The lowest BCUT2D eigenvalue weighted by Gasteiger charge is -1.98. The molecule has 0 spiro atoms. The third-order valence-electron chi connectivity index (χ3n) is 2.30. The predicted molar refractivity (Wildman–Crippen MR) is 62.6 cm³/mol. The molecule has 0 unspecified atom stereocenters. The third kappa shape index (κ3) is 1.54. The number of aryl methyl sites for hydroxylation is 1. The third-order valence-corrected chi connectivity index (χ3v) is 3.18. The minimum absolute atomic E-state index is 0.116. The first-order valence-electron chi connectivity index (χ1n) is 4.19. The normalized spacial score (nSPS) is 10.9. The van der Waals surface area contributed by atoms with Gasteiger partial charge in [0.15, 0.2) is 0 Å². The van der Waals surface area contributed by atoms with Crippen molar-refractivity contribution in [2.45, 2.75) is 0 Å². The second-order valence-electron chi connectivity index (χ2n) is 3.19. The molecule has 78 valence electrons. The molecule has 0 radical (unpaired) electrons. The van der Waals surface area contributed by atoms with Gasteiger partial charge in [0, 0.05) is 16.9 Å². The molecule has 0 saturated heterocycles. The first-order valence-corrected chi connectivity index (χ1v) is 5.36. The maximum atomic E-state index is 11.0. The number of fused-ring (bicyclic) bond motifs is 1. The molecule has 0 amide bonds. The Kier molecular flexibility index (Phi) is 2.48. The van der Waals surface area contributed by atoms with Gasteiger partial charge in [-0.25, -0.2) is 4.79 Å². The van der Waals surface area contributed by atoms with Gasteiger partial charge in [0.1, 0.15) is 5.69 Å². The second-order valence-corrected chi connectivity index (χ2v) is 4.48. The zero-order valence-electron chi connectivity index (χ0n) is 7.79. The summed E-state index contributed by atoms with van der Waals surface area (Å²) in [4.78, 5) is 11.0. The van der Waals surface area contributed by atoms with Crippen molar-refractivity contribution >= 4 is 44.4 Å². The van der Waals surface area contributed by atoms with Gasteiger partial charge >= 0.3 is 5.97 Å². The summed E-state index contributed by atoms with van der Waals surface area (Å²) in [7, 11) is 1.69. The van der Waals surface area contributed by atoms with Crippen LogP contribution in [0.3, 0.4) is 0 Å². The fraction of sp³-hybridized carbons (Fsp3) is 0.100. The number of hydrogen-bond donors (Lipinski definition) is 1. The number of aromatic carboxylic acids is 1. The van der Waals surface area contributed by atoms with E-state index in [1.807, 2.05) is 18.2 Å². The molecule has 0 aliphatic rings. The molecule has 15 heavy (non-hydrogen) atoms. The maximum absolute atomic E-state index is 11.0. The van der Waals surface area contributed by atoms with E-state index in [0.29, 0.717) is 0 Å². The second kappa shape index (κ2) is 3.54. The number of carboxylic acids is 1. The van der Waals surface area contributed by atoms with E-state index in [-0.39, 0.29) is 10.7 Å². The number of aromatic nitrogens is 1. The first kappa shape index (κ1) is 10.5. The molecule has 1 aromatic carbocycles. The molecule has 3 nitrogen and oxygen atoms in total. The summed E-state index contributed by atoms with van der Waals surface area (Å²) in [6.45, 7) is 0. The minimum atomic E-state index is -1.02. The van der Waals surface area contributed by atoms with Crippen molar-refractivity contribution in [3.63, 3.8) is 0 Å². The maximum Gasteiger partial charge on any atom is 0.354 e. The van der Waals surface area contributed by atoms with E-state index < -0.39 is 5.97 Å². The van der Waals surface area contributed by atoms with Gasteiger partial charge in [-0.3, -0.25) is 0 Å². The molecule has 1 heterocycles. The molecule has 0 aliphatic carbocycles. The average Bonchev–Trinajstić information content (AvgIpc) is 2.39. The lowest BCUT2D eigenvalue weighted by molar-refractivity contribution is 0.0687. The van der Waals surface area contributed by atoms with Crippen molar-refractivity contribution in [1.29, 1.82) is 0 Å². The Labute approximate surface area is 99.4 Å². The van der Waals surface area contributed by atoms with E-state index in [1.54, 1.807) is 11.6 Å². The van der Waals surface area contributed by atoms with Gasteiger partial charge in [-0.1, -0.05) is 27.5 Å². The molecule has 0 aliphatic heterocycles. The summed E-state index contributed by atoms with van der Waals surface area (Å²) in [5.41, 5.74) is 0.922. The van der Waals surface area contributed by atoms with E-state index in [1.165, 1.54) is 0 Å². The summed E-state index contributed by atoms with van der Waals surface area (Å²) in [5.74, 6) is -1.02. The van der Waals surface area contributed by atoms with Gasteiger partial charge in [0.05, 0.1) is 10.5 Å². The van der Waals surface area contributed by atoms with E-state index in [9.17, 15) is 4.79 Å². The first-order chi connectivity index (χ1) is 7.02. The Morgan fingerprint density at radius 1 is 1.53 bits per heavy atom. The van der Waals surface area contributed by atoms with E-state index >= 15 is 0 Å². The van der Waals surface area contributed by atoms with Crippen LogP contribution >= 0.6 is 27.5 Å². The lowest BCUT2D eigenvalue weighted by Crippen LogP contribution is -2.04. The number of carboxylic acid groups (broad SMARTS) is 1. The van der Waals surface area contributed by atoms with Gasteiger partial charge in [-0.05, 0) is 18.2 Å². The lowest BCUT2D eigenvalue weighted by atomic mass is 10.2. The smallest absolute Gasteiger partial charge is 0.354 e. The Balaban J connectivity index is 2.91. The summed E-state index contributed by atoms with van der Waals surface area (Å²) in [6, 6.07) is 5.49. The van der Waals surface area contributed by atoms with Crippen molar-refractivity contribution in [3.8, 4) is 0 Å². The topological polar surface area (TPSA) is 42.2 Å². The molecule has 1 aromatic heterocycles.